The molecule has 0 saturated carbocycles. The maximum Gasteiger partial charge on any atom is 0.243 e. The number of sulfonamides is 1. The van der Waals surface area contributed by atoms with Crippen LogP contribution in [0.4, 0.5) is 11.6 Å². The molecule has 4 heterocycles. The van der Waals surface area contributed by atoms with Crippen LogP contribution in [0.15, 0.2) is 23.2 Å². The number of hydrogen-bond donors (Lipinski definition) is 1. The number of amides is 1. The van der Waals surface area contributed by atoms with Gasteiger partial charge in [-0.2, -0.15) is 4.31 Å². The molecule has 1 aromatic carbocycles. The molecule has 0 spiro atoms. The minimum absolute atomic E-state index is 0.127. The van der Waals surface area contributed by atoms with Crippen LogP contribution >= 0.6 is 0 Å². The Morgan fingerprint density at radius 1 is 1.00 bits per heavy atom. The molecule has 0 atom stereocenters. The molecule has 0 aliphatic carbocycles. The highest BCUT2D eigenvalue weighted by Crippen LogP contribution is 2.39. The SMILES string of the molecule is Nc1ncc2c(n1)CN(S(=O)(=O)c1cc3c4c(c1)CCN4C(=O)CC3)CC2. The summed E-state index contributed by atoms with van der Waals surface area (Å²) in [5, 5.41) is 0. The topological polar surface area (TPSA) is 109 Å². The van der Waals surface area contributed by atoms with E-state index in [1.54, 1.807) is 23.2 Å². The van der Waals surface area contributed by atoms with Crippen molar-refractivity contribution in [3.63, 3.8) is 0 Å². The second kappa shape index (κ2) is 5.74. The number of aryl methyl sites for hydroxylation is 1. The molecule has 1 aromatic heterocycles. The van der Waals surface area contributed by atoms with Crippen LogP contribution in [0.1, 0.15) is 28.8 Å². The molecule has 27 heavy (non-hydrogen) atoms. The molecule has 9 heteroatoms. The van der Waals surface area contributed by atoms with Gasteiger partial charge in [-0.15, -0.1) is 0 Å². The molecule has 2 N–H and O–H groups in total. The summed E-state index contributed by atoms with van der Waals surface area (Å²) in [7, 11) is -3.65. The van der Waals surface area contributed by atoms with Crippen LogP contribution < -0.4 is 10.6 Å². The third kappa shape index (κ3) is 2.53. The Hall–Kier alpha value is -2.52. The third-order valence-electron chi connectivity index (χ3n) is 5.59. The van der Waals surface area contributed by atoms with Crippen LogP contribution in [0.25, 0.3) is 0 Å². The van der Waals surface area contributed by atoms with Gasteiger partial charge >= 0.3 is 0 Å². The van der Waals surface area contributed by atoms with Gasteiger partial charge < -0.3 is 10.6 Å². The molecule has 1 amide bonds. The number of hydrogen-bond acceptors (Lipinski definition) is 6. The largest absolute Gasteiger partial charge is 0.368 e. The first-order valence-electron chi connectivity index (χ1n) is 9.00. The van der Waals surface area contributed by atoms with Crippen LogP contribution in [0.2, 0.25) is 0 Å². The molecule has 0 radical (unpaired) electrons. The first kappa shape index (κ1) is 16.6. The van der Waals surface area contributed by atoms with Crippen LogP contribution in [0.5, 0.6) is 0 Å². The average Bonchev–Trinajstić information content (AvgIpc) is 3.09. The van der Waals surface area contributed by atoms with E-state index in [0.717, 1.165) is 22.4 Å². The Balaban J connectivity index is 1.53. The van der Waals surface area contributed by atoms with E-state index in [1.807, 2.05) is 0 Å². The smallest absolute Gasteiger partial charge is 0.243 e. The van der Waals surface area contributed by atoms with Gasteiger partial charge in [-0.1, -0.05) is 0 Å². The zero-order valence-electron chi connectivity index (χ0n) is 14.7. The number of nitrogens with two attached hydrogens (primary N) is 1. The van der Waals surface area contributed by atoms with Crippen molar-refractivity contribution in [1.29, 1.82) is 0 Å². The van der Waals surface area contributed by atoms with Gasteiger partial charge in [0.2, 0.25) is 21.9 Å². The van der Waals surface area contributed by atoms with Gasteiger partial charge in [-0.3, -0.25) is 4.79 Å². The zero-order chi connectivity index (χ0) is 18.8. The van der Waals surface area contributed by atoms with E-state index in [2.05, 4.69) is 9.97 Å². The number of anilines is 2. The summed E-state index contributed by atoms with van der Waals surface area (Å²) in [5.74, 6) is 0.279. The Labute approximate surface area is 157 Å². The van der Waals surface area contributed by atoms with Crippen molar-refractivity contribution in [2.75, 3.05) is 23.7 Å². The first-order chi connectivity index (χ1) is 12.9. The van der Waals surface area contributed by atoms with E-state index in [1.165, 1.54) is 4.31 Å². The van der Waals surface area contributed by atoms with Gasteiger partial charge in [-0.05, 0) is 48.1 Å². The fourth-order valence-electron chi connectivity index (χ4n) is 4.22. The Bertz CT molecular complexity index is 1080. The van der Waals surface area contributed by atoms with Gasteiger partial charge in [0.15, 0.2) is 0 Å². The molecule has 140 valence electrons. The number of benzene rings is 1. The number of nitrogen functional groups attached to an aromatic ring is 1. The highest BCUT2D eigenvalue weighted by molar-refractivity contribution is 7.89. The summed E-state index contributed by atoms with van der Waals surface area (Å²) < 4.78 is 28.0. The highest BCUT2D eigenvalue weighted by atomic mass is 32.2. The fourth-order valence-corrected chi connectivity index (χ4v) is 5.73. The van der Waals surface area contributed by atoms with Gasteiger partial charge in [0, 0.05) is 25.7 Å². The van der Waals surface area contributed by atoms with E-state index in [0.29, 0.717) is 49.4 Å². The molecule has 5 rings (SSSR count). The molecule has 3 aliphatic rings. The predicted molar refractivity (Wildman–Crippen MR) is 98.6 cm³/mol. The van der Waals surface area contributed by atoms with Crippen molar-refractivity contribution in [2.45, 2.75) is 37.1 Å². The maximum atomic E-state index is 13.3. The van der Waals surface area contributed by atoms with E-state index < -0.39 is 10.0 Å². The predicted octanol–water partition coefficient (Wildman–Crippen LogP) is 0.641. The summed E-state index contributed by atoms with van der Waals surface area (Å²) in [6.07, 6.45) is 3.96. The molecule has 0 fully saturated rings. The third-order valence-corrected chi connectivity index (χ3v) is 7.42. The van der Waals surface area contributed by atoms with Crippen molar-refractivity contribution in [3.8, 4) is 0 Å². The van der Waals surface area contributed by atoms with Crippen molar-refractivity contribution >= 4 is 27.6 Å². The number of nitrogens with zero attached hydrogens (tertiary/aromatic N) is 4. The quantitative estimate of drug-likeness (QED) is 0.812. The number of aromatic nitrogens is 2. The molecular formula is C18H19N5O3S. The minimum Gasteiger partial charge on any atom is -0.368 e. The molecule has 0 unspecified atom stereocenters. The molecular weight excluding hydrogens is 366 g/mol. The molecule has 0 bridgehead atoms. The second-order valence-corrected chi connectivity index (χ2v) is 9.11. The normalized spacial score (nSPS) is 19.1. The maximum absolute atomic E-state index is 13.3. The van der Waals surface area contributed by atoms with Crippen LogP contribution in [-0.4, -0.2) is 41.7 Å². The van der Waals surface area contributed by atoms with E-state index in [4.69, 9.17) is 5.73 Å². The Kier molecular flexibility index (Phi) is 3.54. The Morgan fingerprint density at radius 3 is 2.56 bits per heavy atom. The summed E-state index contributed by atoms with van der Waals surface area (Å²) in [4.78, 5) is 22.4. The first-order valence-corrected chi connectivity index (χ1v) is 10.4. The standard InChI is InChI=1S/C18H19N5O3S/c19-18-20-9-13-3-5-22(10-15(13)21-18)27(25,26)14-7-11-1-2-16(24)23-6-4-12(8-14)17(11)23/h7-9H,1-6,10H2,(H2,19,20,21). The minimum atomic E-state index is -3.65. The lowest BCUT2D eigenvalue weighted by atomic mass is 10.00. The van der Waals surface area contributed by atoms with Crippen LogP contribution in [-0.2, 0) is 40.6 Å². The van der Waals surface area contributed by atoms with Gasteiger partial charge in [0.25, 0.3) is 0 Å². The lowest BCUT2D eigenvalue weighted by Crippen LogP contribution is -2.37. The van der Waals surface area contributed by atoms with E-state index >= 15 is 0 Å². The molecule has 3 aliphatic heterocycles. The molecule has 8 nitrogen and oxygen atoms in total. The monoisotopic (exact) mass is 385 g/mol. The van der Waals surface area contributed by atoms with Crippen molar-refractivity contribution in [1.82, 2.24) is 14.3 Å². The molecule has 0 saturated heterocycles. The van der Waals surface area contributed by atoms with Gasteiger partial charge in [-0.25, -0.2) is 18.4 Å². The van der Waals surface area contributed by atoms with E-state index in [-0.39, 0.29) is 18.4 Å². The van der Waals surface area contributed by atoms with Crippen molar-refractivity contribution < 1.29 is 13.2 Å². The van der Waals surface area contributed by atoms with Gasteiger partial charge in [0.1, 0.15) is 0 Å². The molecule has 2 aromatic rings. The second-order valence-electron chi connectivity index (χ2n) is 7.17. The van der Waals surface area contributed by atoms with Crippen LogP contribution in [0, 0.1) is 0 Å². The number of carbonyl (C=O) groups is 1. The highest BCUT2D eigenvalue weighted by Gasteiger charge is 2.35. The summed E-state index contributed by atoms with van der Waals surface area (Å²) >= 11 is 0. The lowest BCUT2D eigenvalue weighted by Gasteiger charge is -2.29. The van der Waals surface area contributed by atoms with Crippen LogP contribution in [0.3, 0.4) is 0 Å². The Morgan fingerprint density at radius 2 is 1.74 bits per heavy atom. The fraction of sp³-hybridized carbons (Fsp3) is 0.389. The van der Waals surface area contributed by atoms with E-state index in [9.17, 15) is 13.2 Å². The lowest BCUT2D eigenvalue weighted by molar-refractivity contribution is -0.118. The van der Waals surface area contributed by atoms with Crippen molar-refractivity contribution in [2.24, 2.45) is 0 Å². The van der Waals surface area contributed by atoms with Gasteiger partial charge in [0.05, 0.1) is 22.8 Å². The number of rotatable bonds is 2. The summed E-state index contributed by atoms with van der Waals surface area (Å²) in [5.41, 5.74) is 10.1. The number of fused-ring (bicyclic) bond motifs is 1. The summed E-state index contributed by atoms with van der Waals surface area (Å²) in [6.45, 7) is 1.22. The average molecular weight is 385 g/mol. The zero-order valence-corrected chi connectivity index (χ0v) is 15.5. The van der Waals surface area contributed by atoms with Crippen molar-refractivity contribution in [3.05, 3.63) is 40.7 Å². The number of carbonyl (C=O) groups excluding carboxylic acids is 1. The summed E-state index contributed by atoms with van der Waals surface area (Å²) in [6, 6.07) is 3.47.